The fourth-order valence-corrected chi connectivity index (χ4v) is 2.75. The molecule has 0 amide bonds. The van der Waals surface area contributed by atoms with Gasteiger partial charge >= 0.3 is 0 Å². The van der Waals surface area contributed by atoms with Gasteiger partial charge in [-0.2, -0.15) is 0 Å². The molecule has 0 radical (unpaired) electrons. The standard InChI is InChI=1S/C16H10N2O2/c1-20-11-4-2-3-10-13(11)14-12-9(5-7-17-14)6-8-18-15(12)16(10)19/h2-8H,1H3. The summed E-state index contributed by atoms with van der Waals surface area (Å²) < 4.78 is 5.39. The summed E-state index contributed by atoms with van der Waals surface area (Å²) in [6.07, 6.45) is 3.40. The molecule has 0 aliphatic heterocycles. The van der Waals surface area contributed by atoms with Crippen molar-refractivity contribution < 1.29 is 9.53 Å². The van der Waals surface area contributed by atoms with Gasteiger partial charge in [0.15, 0.2) is 0 Å². The number of fused-ring (bicyclic) bond motifs is 2. The van der Waals surface area contributed by atoms with Gasteiger partial charge in [0.2, 0.25) is 5.78 Å². The minimum Gasteiger partial charge on any atom is -0.496 e. The molecule has 0 spiro atoms. The van der Waals surface area contributed by atoms with E-state index in [9.17, 15) is 4.79 Å². The Bertz CT molecular complexity index is 866. The van der Waals surface area contributed by atoms with E-state index in [0.29, 0.717) is 17.0 Å². The summed E-state index contributed by atoms with van der Waals surface area (Å²) in [5, 5.41) is 1.77. The third kappa shape index (κ3) is 1.28. The van der Waals surface area contributed by atoms with Crippen molar-refractivity contribution in [3.05, 3.63) is 54.0 Å². The van der Waals surface area contributed by atoms with Crippen LogP contribution in [0.15, 0.2) is 42.7 Å². The second-order valence-corrected chi connectivity index (χ2v) is 4.63. The molecule has 4 rings (SSSR count). The quantitative estimate of drug-likeness (QED) is 0.529. The Labute approximate surface area is 115 Å². The first-order chi connectivity index (χ1) is 9.81. The molecule has 0 atom stereocenters. The van der Waals surface area contributed by atoms with E-state index < -0.39 is 0 Å². The molecule has 0 fully saturated rings. The molecule has 1 aliphatic rings. The van der Waals surface area contributed by atoms with Crippen molar-refractivity contribution in [1.29, 1.82) is 0 Å². The summed E-state index contributed by atoms with van der Waals surface area (Å²) in [6.45, 7) is 0. The second-order valence-electron chi connectivity index (χ2n) is 4.63. The van der Waals surface area contributed by atoms with E-state index in [1.165, 1.54) is 0 Å². The number of methoxy groups -OCH3 is 1. The zero-order valence-electron chi connectivity index (χ0n) is 10.8. The van der Waals surface area contributed by atoms with Gasteiger partial charge in [-0.1, -0.05) is 12.1 Å². The van der Waals surface area contributed by atoms with Crippen LogP contribution in [0.2, 0.25) is 0 Å². The number of ketones is 1. The number of aromatic nitrogens is 2. The van der Waals surface area contributed by atoms with Crippen LogP contribution in [0.5, 0.6) is 5.75 Å². The molecule has 4 heteroatoms. The summed E-state index contributed by atoms with van der Waals surface area (Å²) in [4.78, 5) is 21.3. The molecular formula is C16H10N2O2. The van der Waals surface area contributed by atoms with Gasteiger partial charge in [-0.05, 0) is 23.6 Å². The van der Waals surface area contributed by atoms with Crippen molar-refractivity contribution >= 4 is 16.6 Å². The molecule has 96 valence electrons. The van der Waals surface area contributed by atoms with Crippen LogP contribution in [-0.4, -0.2) is 22.9 Å². The van der Waals surface area contributed by atoms with Gasteiger partial charge in [-0.3, -0.25) is 14.8 Å². The number of ether oxygens (including phenoxy) is 1. The summed E-state index contributed by atoms with van der Waals surface area (Å²) in [6, 6.07) is 9.21. The molecular weight excluding hydrogens is 252 g/mol. The summed E-state index contributed by atoms with van der Waals surface area (Å²) in [5.41, 5.74) is 2.57. The lowest BCUT2D eigenvalue weighted by atomic mass is 9.88. The minimum absolute atomic E-state index is 0.0787. The Morgan fingerprint density at radius 2 is 1.75 bits per heavy atom. The van der Waals surface area contributed by atoms with Gasteiger partial charge < -0.3 is 4.74 Å². The number of carbonyl (C=O) groups is 1. The van der Waals surface area contributed by atoms with Crippen molar-refractivity contribution in [3.63, 3.8) is 0 Å². The van der Waals surface area contributed by atoms with Gasteiger partial charge in [-0.15, -0.1) is 0 Å². The van der Waals surface area contributed by atoms with Crippen LogP contribution >= 0.6 is 0 Å². The Morgan fingerprint density at radius 3 is 2.50 bits per heavy atom. The topological polar surface area (TPSA) is 52.1 Å². The normalized spacial score (nSPS) is 12.3. The highest BCUT2D eigenvalue weighted by Gasteiger charge is 2.29. The molecule has 2 heterocycles. The number of hydrogen-bond donors (Lipinski definition) is 0. The first kappa shape index (κ1) is 11.1. The van der Waals surface area contributed by atoms with Crippen molar-refractivity contribution in [2.24, 2.45) is 0 Å². The predicted molar refractivity (Wildman–Crippen MR) is 75.0 cm³/mol. The van der Waals surface area contributed by atoms with Crippen molar-refractivity contribution in [3.8, 4) is 17.0 Å². The molecule has 1 aromatic carbocycles. The lowest BCUT2D eigenvalue weighted by Gasteiger charge is -2.19. The highest BCUT2D eigenvalue weighted by molar-refractivity contribution is 6.24. The third-order valence-corrected chi connectivity index (χ3v) is 3.62. The maximum atomic E-state index is 12.6. The van der Waals surface area contributed by atoms with E-state index in [1.54, 1.807) is 25.6 Å². The van der Waals surface area contributed by atoms with Gasteiger partial charge in [0, 0.05) is 23.3 Å². The highest BCUT2D eigenvalue weighted by atomic mass is 16.5. The molecule has 0 unspecified atom stereocenters. The van der Waals surface area contributed by atoms with E-state index >= 15 is 0 Å². The molecule has 4 nitrogen and oxygen atoms in total. The average Bonchev–Trinajstić information content (AvgIpc) is 2.51. The van der Waals surface area contributed by atoms with Crippen LogP contribution in [0, 0.1) is 0 Å². The summed E-state index contributed by atoms with van der Waals surface area (Å²) in [7, 11) is 1.60. The van der Waals surface area contributed by atoms with E-state index in [-0.39, 0.29) is 5.78 Å². The Morgan fingerprint density at radius 1 is 1.00 bits per heavy atom. The number of rotatable bonds is 1. The van der Waals surface area contributed by atoms with Crippen LogP contribution in [0.1, 0.15) is 16.1 Å². The molecule has 3 aromatic rings. The van der Waals surface area contributed by atoms with Crippen LogP contribution in [0.4, 0.5) is 0 Å². The second kappa shape index (κ2) is 3.87. The number of carbonyl (C=O) groups excluding carboxylic acids is 1. The van der Waals surface area contributed by atoms with Gasteiger partial charge in [-0.25, -0.2) is 0 Å². The first-order valence-electron chi connectivity index (χ1n) is 6.27. The predicted octanol–water partition coefficient (Wildman–Crippen LogP) is 2.85. The van der Waals surface area contributed by atoms with Crippen molar-refractivity contribution in [2.75, 3.05) is 7.11 Å². The van der Waals surface area contributed by atoms with Gasteiger partial charge in [0.1, 0.15) is 11.4 Å². The third-order valence-electron chi connectivity index (χ3n) is 3.62. The zero-order chi connectivity index (χ0) is 13.7. The van der Waals surface area contributed by atoms with Crippen molar-refractivity contribution in [1.82, 2.24) is 9.97 Å². The SMILES string of the molecule is COc1cccc2c1-c1nccc3ccnc(c13)C2=O. The zero-order valence-corrected chi connectivity index (χ0v) is 10.8. The van der Waals surface area contributed by atoms with Crippen molar-refractivity contribution in [2.45, 2.75) is 0 Å². The van der Waals surface area contributed by atoms with Gasteiger partial charge in [0.05, 0.1) is 18.4 Å². The average molecular weight is 262 g/mol. The van der Waals surface area contributed by atoms with Gasteiger partial charge in [0.25, 0.3) is 0 Å². The lowest BCUT2D eigenvalue weighted by molar-refractivity contribution is 0.103. The number of pyridine rings is 2. The smallest absolute Gasteiger partial charge is 0.212 e. The molecule has 1 aliphatic carbocycles. The fraction of sp³-hybridized carbons (Fsp3) is 0.0625. The van der Waals surface area contributed by atoms with E-state index in [1.807, 2.05) is 24.3 Å². The Kier molecular flexibility index (Phi) is 2.15. The van der Waals surface area contributed by atoms with Crippen LogP contribution in [-0.2, 0) is 0 Å². The maximum Gasteiger partial charge on any atom is 0.212 e. The molecule has 0 saturated carbocycles. The minimum atomic E-state index is -0.0787. The summed E-state index contributed by atoms with van der Waals surface area (Å²) in [5.74, 6) is 0.579. The maximum absolute atomic E-state index is 12.6. The lowest BCUT2D eigenvalue weighted by Crippen LogP contribution is -2.13. The van der Waals surface area contributed by atoms with Crippen LogP contribution in [0.3, 0.4) is 0 Å². The van der Waals surface area contributed by atoms with E-state index in [2.05, 4.69) is 9.97 Å². The molecule has 2 aromatic heterocycles. The molecule has 0 N–H and O–H groups in total. The monoisotopic (exact) mass is 262 g/mol. The van der Waals surface area contributed by atoms with E-state index in [0.717, 1.165) is 22.0 Å². The highest BCUT2D eigenvalue weighted by Crippen LogP contribution is 2.41. The fourth-order valence-electron chi connectivity index (χ4n) is 2.75. The summed E-state index contributed by atoms with van der Waals surface area (Å²) >= 11 is 0. The molecule has 0 saturated heterocycles. The molecule has 20 heavy (non-hydrogen) atoms. The molecule has 0 bridgehead atoms. The number of nitrogens with zero attached hydrogens (tertiary/aromatic N) is 2. The van der Waals surface area contributed by atoms with Crippen LogP contribution < -0.4 is 4.74 Å². The Hall–Kier alpha value is -2.75. The Balaban J connectivity index is 2.25. The number of hydrogen-bond acceptors (Lipinski definition) is 4. The number of benzene rings is 1. The first-order valence-corrected chi connectivity index (χ1v) is 6.27. The van der Waals surface area contributed by atoms with Crippen LogP contribution in [0.25, 0.3) is 22.0 Å². The largest absolute Gasteiger partial charge is 0.496 e. The van der Waals surface area contributed by atoms with E-state index in [4.69, 9.17) is 4.74 Å².